The molecule has 1 saturated carbocycles. The molecule has 3 rings (SSSR count). The predicted molar refractivity (Wildman–Crippen MR) is 472 cm³/mol. The predicted octanol–water partition coefficient (Wildman–Crippen LogP) is 18.7. The molecule has 25 nitrogen and oxygen atoms in total. The third-order valence-electron chi connectivity index (χ3n) is 24.1. The molecule has 10 N–H and O–H groups in total. The molecule has 121 heavy (non-hydrogen) atoms. The van der Waals surface area contributed by atoms with Crippen molar-refractivity contribution in [3.63, 3.8) is 0 Å². The average Bonchev–Trinajstić information content (AvgIpc) is 0.754. The summed E-state index contributed by atoms with van der Waals surface area (Å²) in [5, 5.41) is 103. The first-order valence-corrected chi connectivity index (χ1v) is 50.5. The summed E-state index contributed by atoms with van der Waals surface area (Å²) in [4.78, 5) is 66.7. The van der Waals surface area contributed by atoms with E-state index in [1.165, 1.54) is 161 Å². The Kier molecular flexibility index (Phi) is 67.5. The van der Waals surface area contributed by atoms with Crippen LogP contribution in [0.5, 0.6) is 0 Å². The fraction of sp³-hybridized carbons (Fsp3) is 0.916. The number of aliphatic hydroxyl groups excluding tert-OH is 9. The molecule has 0 aromatic rings. The first kappa shape index (κ1) is 112. The van der Waals surface area contributed by atoms with Crippen LogP contribution in [0.25, 0.3) is 0 Å². The fourth-order valence-corrected chi connectivity index (χ4v) is 17.2. The van der Waals surface area contributed by atoms with Crippen LogP contribution in [0.2, 0.25) is 0 Å². The molecular weight excluding hydrogens is 1570 g/mol. The van der Waals surface area contributed by atoms with Crippen LogP contribution in [0.3, 0.4) is 0 Å². The zero-order valence-corrected chi connectivity index (χ0v) is 76.9. The molecule has 710 valence electrons. The second-order valence-electron chi connectivity index (χ2n) is 35.2. The summed E-state index contributed by atoms with van der Waals surface area (Å²) in [5.41, 5.74) is 0. The summed E-state index contributed by atoms with van der Waals surface area (Å²) in [5.74, 6) is -2.30. The van der Waals surface area contributed by atoms with Crippen LogP contribution in [-0.2, 0) is 70.7 Å². The van der Waals surface area contributed by atoms with E-state index in [1.54, 1.807) is 0 Å². The summed E-state index contributed by atoms with van der Waals surface area (Å²) in [6.45, 7) is 7.92. The van der Waals surface area contributed by atoms with Crippen molar-refractivity contribution >= 4 is 31.7 Å². The van der Waals surface area contributed by atoms with Crippen LogP contribution < -0.4 is 0 Å². The molecule has 2 aliphatic heterocycles. The highest BCUT2D eigenvalue weighted by atomic mass is 31.2. The van der Waals surface area contributed by atoms with Crippen LogP contribution in [0.1, 0.15) is 420 Å². The molecule has 3 fully saturated rings. The van der Waals surface area contributed by atoms with Crippen molar-refractivity contribution < 1.29 is 122 Å². The van der Waals surface area contributed by atoms with Crippen LogP contribution >= 0.6 is 7.82 Å². The Bertz CT molecular complexity index is 2620. The Morgan fingerprint density at radius 3 is 1.07 bits per heavy atom. The number of rotatable bonds is 79. The van der Waals surface area contributed by atoms with E-state index in [0.29, 0.717) is 38.0 Å². The number of allylic oxidation sites excluding steroid dienone is 4. The van der Waals surface area contributed by atoms with Gasteiger partial charge in [0, 0.05) is 25.7 Å². The summed E-state index contributed by atoms with van der Waals surface area (Å²) in [6, 6.07) is 0. The van der Waals surface area contributed by atoms with Gasteiger partial charge in [-0.2, -0.15) is 0 Å². The maximum atomic E-state index is 14.9. The van der Waals surface area contributed by atoms with Gasteiger partial charge in [0.05, 0.1) is 13.2 Å². The molecule has 1 aliphatic carbocycles. The molecule has 0 amide bonds. The van der Waals surface area contributed by atoms with E-state index in [4.69, 9.17) is 46.9 Å². The maximum Gasteiger partial charge on any atom is 0.472 e. The quantitative estimate of drug-likeness (QED) is 0.00889. The molecule has 0 aromatic heterocycles. The van der Waals surface area contributed by atoms with Gasteiger partial charge in [-0.15, -0.1) is 0 Å². The molecule has 3 aliphatic rings. The minimum absolute atomic E-state index is 0.00961. The maximum absolute atomic E-state index is 14.9. The first-order valence-electron chi connectivity index (χ1n) is 49.0. The van der Waals surface area contributed by atoms with Gasteiger partial charge in [-0.05, 0) is 83.0 Å². The second-order valence-corrected chi connectivity index (χ2v) is 36.6. The van der Waals surface area contributed by atoms with Gasteiger partial charge in [0.25, 0.3) is 0 Å². The van der Waals surface area contributed by atoms with Gasteiger partial charge in [0.2, 0.25) is 0 Å². The highest BCUT2D eigenvalue weighted by molar-refractivity contribution is 7.47. The average molecular weight is 1750 g/mol. The summed E-state index contributed by atoms with van der Waals surface area (Å²) >= 11 is 0. The summed E-state index contributed by atoms with van der Waals surface area (Å²) in [6.07, 6.45) is 32.9. The van der Waals surface area contributed by atoms with E-state index < -0.39 is 162 Å². The largest absolute Gasteiger partial charge is 0.472 e. The Morgan fingerprint density at radius 1 is 0.347 bits per heavy atom. The van der Waals surface area contributed by atoms with Crippen molar-refractivity contribution in [3.8, 4) is 0 Å². The fourth-order valence-electron chi connectivity index (χ4n) is 16.2. The van der Waals surface area contributed by atoms with E-state index in [9.17, 15) is 74.6 Å². The monoisotopic (exact) mass is 1750 g/mol. The van der Waals surface area contributed by atoms with Gasteiger partial charge in [-0.25, -0.2) is 4.57 Å². The van der Waals surface area contributed by atoms with E-state index in [-0.39, 0.29) is 25.7 Å². The third kappa shape index (κ3) is 52.9. The van der Waals surface area contributed by atoms with E-state index in [2.05, 4.69) is 58.9 Å². The Balaban J connectivity index is 1.91. The minimum Gasteiger partial charge on any atom is -0.463 e. The molecule has 2 saturated heterocycles. The standard InChI is InChI=1S/C95H175O25P/c1-6-10-14-18-22-25-28-31-34-37-40-43-46-49-56-63-69-81(100)117-90-86(105)87(106)91(118-94-88(107)84(103)82(101)76(70-96)115-94)93(92(90)119-95-89(108)85(104)83(102)77(116-95)73-112-79(98)67-61-55-48-45-42-39-36-33-30-27-24-20-16-12-8-3)120-121(109,110)113-72-75(71-111-78(97)66-60-54-47-44-41-38-35-32-29-26-23-19-15-11-7-2)114-80(99)68-62-57-51-50-53-59-65-74(5)64-58-52-21-17-13-9-4/h26-27,29-30,74-77,82-96,101-108H,6-25,28,31-73H2,1-5H3,(H,109,110)/b29-26-,30-27-. The number of hydrogen-bond donors (Lipinski definition) is 10. The Labute approximate surface area is 730 Å². The first-order chi connectivity index (χ1) is 58.6. The number of ether oxygens (including phenoxy) is 8. The lowest BCUT2D eigenvalue weighted by molar-refractivity contribution is -0.360. The van der Waals surface area contributed by atoms with Crippen molar-refractivity contribution in [1.82, 2.24) is 0 Å². The van der Waals surface area contributed by atoms with Gasteiger partial charge in [0.15, 0.2) is 24.8 Å². The molecule has 0 bridgehead atoms. The van der Waals surface area contributed by atoms with Crippen LogP contribution in [0, 0.1) is 5.92 Å². The highest BCUT2D eigenvalue weighted by Crippen LogP contribution is 2.49. The zero-order valence-electron chi connectivity index (χ0n) is 76.0. The van der Waals surface area contributed by atoms with Crippen LogP contribution in [-0.4, -0.2) is 205 Å². The molecule has 0 spiro atoms. The Morgan fingerprint density at radius 2 is 0.669 bits per heavy atom. The molecule has 2 heterocycles. The summed E-state index contributed by atoms with van der Waals surface area (Å²) in [7, 11) is -5.81. The number of phosphoric acid groups is 1. The lowest BCUT2D eigenvalue weighted by Gasteiger charge is -2.50. The number of esters is 4. The SMILES string of the molecule is CCCCCC/C=C\CCCCCCCCCC(=O)OCC(COP(=O)(O)OC1C(OC2OC(CO)C(O)C(O)C2O)C(O)C(O)C(OC(=O)CCCCCCCCCCCCCCCCCC)C1OC1OC(COC(=O)CCCCCCCCC/C=C\CCCCCC)C(O)C(O)C1O)OC(=O)CCCCCCCCC(C)CCCCCCCC. The van der Waals surface area contributed by atoms with Crippen LogP contribution in [0.4, 0.5) is 0 Å². The molecule has 19 unspecified atom stereocenters. The lowest BCUT2D eigenvalue weighted by atomic mass is 9.84. The smallest absolute Gasteiger partial charge is 0.463 e. The highest BCUT2D eigenvalue weighted by Gasteiger charge is 2.60. The molecule has 19 atom stereocenters. The van der Waals surface area contributed by atoms with Crippen molar-refractivity contribution in [2.45, 2.75) is 524 Å². The number of phosphoric ester groups is 1. The second kappa shape index (κ2) is 72.8. The lowest BCUT2D eigenvalue weighted by Crippen LogP contribution is -2.70. The zero-order chi connectivity index (χ0) is 88.4. The van der Waals surface area contributed by atoms with Gasteiger partial charge in [0.1, 0.15) is 92.6 Å². The summed E-state index contributed by atoms with van der Waals surface area (Å²) < 4.78 is 73.6. The minimum atomic E-state index is -5.81. The van der Waals surface area contributed by atoms with Crippen molar-refractivity contribution in [1.29, 1.82) is 0 Å². The van der Waals surface area contributed by atoms with Crippen molar-refractivity contribution in [2.75, 3.05) is 26.4 Å². The molecule has 0 aromatic carbocycles. The number of carbonyl (C=O) groups is 4. The van der Waals surface area contributed by atoms with E-state index >= 15 is 0 Å². The number of aliphatic hydroxyl groups is 9. The van der Waals surface area contributed by atoms with E-state index in [0.717, 1.165) is 167 Å². The van der Waals surface area contributed by atoms with Crippen molar-refractivity contribution in [2.24, 2.45) is 5.92 Å². The van der Waals surface area contributed by atoms with Gasteiger partial charge in [-0.3, -0.25) is 28.2 Å². The normalized spacial score (nSPS) is 25.0. The van der Waals surface area contributed by atoms with E-state index in [1.807, 2.05) is 0 Å². The molecular formula is C95H175O25P. The van der Waals surface area contributed by atoms with Crippen LogP contribution in [0.15, 0.2) is 24.3 Å². The van der Waals surface area contributed by atoms with Crippen molar-refractivity contribution in [3.05, 3.63) is 24.3 Å². The molecule has 26 heteroatoms. The number of unbranched alkanes of at least 4 members (excludes halogenated alkanes) is 47. The number of hydrogen-bond acceptors (Lipinski definition) is 24. The van der Waals surface area contributed by atoms with Gasteiger partial charge in [-0.1, -0.05) is 341 Å². The Hall–Kier alpha value is -3.05. The van der Waals surface area contributed by atoms with Gasteiger partial charge >= 0.3 is 31.7 Å². The van der Waals surface area contributed by atoms with Gasteiger partial charge < -0.3 is 88.7 Å². The number of carbonyl (C=O) groups excluding carboxylic acids is 4. The topological polar surface area (TPSA) is 380 Å². The molecule has 0 radical (unpaired) electrons. The third-order valence-corrected chi connectivity index (χ3v) is 25.1.